The topological polar surface area (TPSA) is 60.9 Å². The molecule has 0 unspecified atom stereocenters. The Morgan fingerprint density at radius 1 is 1.07 bits per heavy atom. The number of carbonyl (C=O) groups is 1. The van der Waals surface area contributed by atoms with Crippen LogP contribution < -0.4 is 0 Å². The first kappa shape index (κ1) is 22.4. The summed E-state index contributed by atoms with van der Waals surface area (Å²) in [6.45, 7) is 5.67. The summed E-state index contributed by atoms with van der Waals surface area (Å²) in [5.74, 6) is -0.452. The Kier molecular flexibility index (Phi) is 6.90. The summed E-state index contributed by atoms with van der Waals surface area (Å²) in [6.07, 6.45) is 0. The van der Waals surface area contributed by atoms with Crippen LogP contribution in [0.3, 0.4) is 0 Å². The zero-order valence-electron chi connectivity index (χ0n) is 17.6. The highest BCUT2D eigenvalue weighted by Crippen LogP contribution is 2.22. The molecule has 0 radical (unpaired) electrons. The smallest absolute Gasteiger partial charge is 0.243 e. The van der Waals surface area contributed by atoms with Crippen molar-refractivity contribution in [3.05, 3.63) is 65.0 Å². The van der Waals surface area contributed by atoms with Crippen molar-refractivity contribution in [3.8, 4) is 0 Å². The minimum Gasteiger partial charge on any atom is -0.340 e. The molecule has 1 aliphatic rings. The van der Waals surface area contributed by atoms with Crippen LogP contribution in [-0.4, -0.2) is 68.2 Å². The van der Waals surface area contributed by atoms with Gasteiger partial charge in [-0.15, -0.1) is 0 Å². The van der Waals surface area contributed by atoms with Crippen LogP contribution in [0.4, 0.5) is 4.39 Å². The molecule has 30 heavy (non-hydrogen) atoms. The summed E-state index contributed by atoms with van der Waals surface area (Å²) in [6, 6.07) is 11.8. The first-order valence-electron chi connectivity index (χ1n) is 9.95. The number of halogens is 1. The normalized spacial score (nSPS) is 15.9. The number of hydrogen-bond donors (Lipinski definition) is 0. The summed E-state index contributed by atoms with van der Waals surface area (Å²) in [5.41, 5.74) is 2.10. The maximum atomic E-state index is 13.8. The predicted molar refractivity (Wildman–Crippen MR) is 114 cm³/mol. The molecule has 0 aliphatic carbocycles. The van der Waals surface area contributed by atoms with Crippen LogP contribution in [0.2, 0.25) is 0 Å². The lowest BCUT2D eigenvalue weighted by molar-refractivity contribution is -0.131. The number of amides is 1. The van der Waals surface area contributed by atoms with Gasteiger partial charge in [0.15, 0.2) is 0 Å². The Bertz CT molecular complexity index is 1020. The lowest BCUT2D eigenvalue weighted by atomic mass is 10.2. The highest BCUT2D eigenvalue weighted by Gasteiger charge is 2.30. The van der Waals surface area contributed by atoms with E-state index in [0.717, 1.165) is 11.1 Å². The van der Waals surface area contributed by atoms with Crippen LogP contribution in [0.5, 0.6) is 0 Å². The first-order chi connectivity index (χ1) is 14.2. The molecule has 2 aromatic carbocycles. The Balaban J connectivity index is 1.57. The summed E-state index contributed by atoms with van der Waals surface area (Å²) in [4.78, 5) is 16.3. The number of nitrogens with zero attached hydrogens (tertiary/aromatic N) is 3. The monoisotopic (exact) mass is 433 g/mol. The quantitative estimate of drug-likeness (QED) is 0.702. The van der Waals surface area contributed by atoms with Gasteiger partial charge >= 0.3 is 0 Å². The lowest BCUT2D eigenvalue weighted by Gasteiger charge is -2.34. The molecular formula is C22H28FN3O3S. The van der Waals surface area contributed by atoms with E-state index in [0.29, 0.717) is 36.6 Å². The number of rotatable bonds is 6. The third kappa shape index (κ3) is 5.06. The van der Waals surface area contributed by atoms with E-state index in [1.54, 1.807) is 38.2 Å². The molecule has 0 spiro atoms. The second-order valence-corrected chi connectivity index (χ2v) is 9.70. The average molecular weight is 434 g/mol. The van der Waals surface area contributed by atoms with Crippen LogP contribution in [0.1, 0.15) is 16.7 Å². The fourth-order valence-electron chi connectivity index (χ4n) is 3.53. The molecule has 0 N–H and O–H groups in total. The zero-order chi connectivity index (χ0) is 21.9. The van der Waals surface area contributed by atoms with E-state index < -0.39 is 10.0 Å². The maximum Gasteiger partial charge on any atom is 0.243 e. The summed E-state index contributed by atoms with van der Waals surface area (Å²) < 4.78 is 41.4. The Hall–Kier alpha value is -2.29. The van der Waals surface area contributed by atoms with Crippen LogP contribution in [-0.2, 0) is 21.4 Å². The lowest BCUT2D eigenvalue weighted by Crippen LogP contribution is -2.51. The van der Waals surface area contributed by atoms with E-state index in [1.165, 1.54) is 15.3 Å². The molecule has 0 atom stereocenters. The molecule has 1 heterocycles. The molecule has 6 nitrogen and oxygen atoms in total. The number of carbonyl (C=O) groups excluding carboxylic acids is 1. The van der Waals surface area contributed by atoms with E-state index in [1.807, 2.05) is 24.0 Å². The largest absolute Gasteiger partial charge is 0.340 e. The van der Waals surface area contributed by atoms with E-state index >= 15 is 0 Å². The van der Waals surface area contributed by atoms with Gasteiger partial charge in [0.1, 0.15) is 5.82 Å². The number of benzene rings is 2. The van der Waals surface area contributed by atoms with Gasteiger partial charge in [-0.05, 0) is 37.1 Å². The minimum atomic E-state index is -3.56. The third-order valence-electron chi connectivity index (χ3n) is 5.44. The SMILES string of the molecule is Cc1ccc(C)c(S(=O)(=O)N2CCN(CC(=O)N(C)Cc3ccccc3F)CC2)c1. The molecule has 1 fully saturated rings. The van der Waals surface area contributed by atoms with Crippen molar-refractivity contribution in [2.24, 2.45) is 0 Å². The van der Waals surface area contributed by atoms with E-state index in [2.05, 4.69) is 0 Å². The Morgan fingerprint density at radius 2 is 1.73 bits per heavy atom. The molecule has 162 valence electrons. The molecule has 0 saturated carbocycles. The molecule has 0 aromatic heterocycles. The van der Waals surface area contributed by atoms with Crippen molar-refractivity contribution in [1.82, 2.24) is 14.1 Å². The van der Waals surface area contributed by atoms with Crippen molar-refractivity contribution in [1.29, 1.82) is 0 Å². The highest BCUT2D eigenvalue weighted by molar-refractivity contribution is 7.89. The van der Waals surface area contributed by atoms with Crippen molar-refractivity contribution >= 4 is 15.9 Å². The zero-order valence-corrected chi connectivity index (χ0v) is 18.5. The molecule has 1 aliphatic heterocycles. The van der Waals surface area contributed by atoms with Gasteiger partial charge in [-0.25, -0.2) is 12.8 Å². The number of piperazine rings is 1. The number of sulfonamides is 1. The third-order valence-corrected chi connectivity index (χ3v) is 7.48. The number of aryl methyl sites for hydroxylation is 2. The Morgan fingerprint density at radius 3 is 2.40 bits per heavy atom. The molecule has 1 saturated heterocycles. The van der Waals surface area contributed by atoms with Gasteiger partial charge in [0.05, 0.1) is 11.4 Å². The molecule has 2 aromatic rings. The minimum absolute atomic E-state index is 0.121. The molecule has 1 amide bonds. The summed E-state index contributed by atoms with van der Waals surface area (Å²) in [5, 5.41) is 0. The van der Waals surface area contributed by atoms with Crippen LogP contribution >= 0.6 is 0 Å². The standard InChI is InChI=1S/C22H28FN3O3S/c1-17-8-9-18(2)21(14-17)30(28,29)26-12-10-25(11-13-26)16-22(27)24(3)15-19-6-4-5-7-20(19)23/h4-9,14H,10-13,15-16H2,1-3H3. The van der Waals surface area contributed by atoms with Gasteiger partial charge in [-0.3, -0.25) is 9.69 Å². The van der Waals surface area contributed by atoms with Crippen LogP contribution in [0.25, 0.3) is 0 Å². The van der Waals surface area contributed by atoms with Gasteiger partial charge in [0.2, 0.25) is 15.9 Å². The van der Waals surface area contributed by atoms with Crippen LogP contribution in [0, 0.1) is 19.7 Å². The van der Waals surface area contributed by atoms with Crippen molar-refractivity contribution in [3.63, 3.8) is 0 Å². The van der Waals surface area contributed by atoms with Gasteiger partial charge in [0, 0.05) is 45.3 Å². The van der Waals surface area contributed by atoms with Gasteiger partial charge in [-0.2, -0.15) is 4.31 Å². The second-order valence-electron chi connectivity index (χ2n) is 7.79. The van der Waals surface area contributed by atoms with Crippen molar-refractivity contribution < 1.29 is 17.6 Å². The Labute approximate surface area is 177 Å². The molecule has 8 heteroatoms. The highest BCUT2D eigenvalue weighted by atomic mass is 32.2. The van der Waals surface area contributed by atoms with E-state index in [4.69, 9.17) is 0 Å². The van der Waals surface area contributed by atoms with E-state index in [-0.39, 0.29) is 24.8 Å². The fourth-order valence-corrected chi connectivity index (χ4v) is 5.27. The average Bonchev–Trinajstić information content (AvgIpc) is 2.71. The number of hydrogen-bond acceptors (Lipinski definition) is 4. The first-order valence-corrected chi connectivity index (χ1v) is 11.4. The second kappa shape index (κ2) is 9.24. The summed E-state index contributed by atoms with van der Waals surface area (Å²) in [7, 11) is -1.91. The molecule has 0 bridgehead atoms. The van der Waals surface area contributed by atoms with Gasteiger partial charge in [-0.1, -0.05) is 30.3 Å². The van der Waals surface area contributed by atoms with Gasteiger partial charge < -0.3 is 4.90 Å². The van der Waals surface area contributed by atoms with E-state index in [9.17, 15) is 17.6 Å². The number of likely N-dealkylation sites (N-methyl/N-ethyl adjacent to an activating group) is 1. The molecular weight excluding hydrogens is 405 g/mol. The van der Waals surface area contributed by atoms with Gasteiger partial charge in [0.25, 0.3) is 0 Å². The fraction of sp³-hybridized carbons (Fsp3) is 0.409. The maximum absolute atomic E-state index is 13.8. The molecule has 3 rings (SSSR count). The van der Waals surface area contributed by atoms with Crippen LogP contribution in [0.15, 0.2) is 47.4 Å². The summed E-state index contributed by atoms with van der Waals surface area (Å²) >= 11 is 0. The van der Waals surface area contributed by atoms with Crippen molar-refractivity contribution in [2.45, 2.75) is 25.3 Å². The predicted octanol–water partition coefficient (Wildman–Crippen LogP) is 2.41. The van der Waals surface area contributed by atoms with Crippen molar-refractivity contribution in [2.75, 3.05) is 39.8 Å².